The fourth-order valence-corrected chi connectivity index (χ4v) is 3.71. The summed E-state index contributed by atoms with van der Waals surface area (Å²) < 4.78 is 6.06. The standard InChI is InChI=1S/C23H27N5O8/c1-2-36-23(35)27-12-10-26(11-13-27)21(32)16(8-9-19(29)30)24-20(31)17-14-18(22(33)34)28(25-17)15-6-4-3-5-7-15/h3-7,14,16H,2,8-13H2,1H3,(H,24,31)(H,29,30)(H,33,34)/t16-/m0/s1. The number of nitrogens with zero attached hydrogens (tertiary/aromatic N) is 4. The second-order valence-corrected chi connectivity index (χ2v) is 7.94. The van der Waals surface area contributed by atoms with Crippen LogP contribution < -0.4 is 5.32 Å². The number of carbonyl (C=O) groups excluding carboxylic acids is 3. The minimum absolute atomic E-state index is 0.177. The third-order valence-corrected chi connectivity index (χ3v) is 5.53. The summed E-state index contributed by atoms with van der Waals surface area (Å²) in [5, 5.41) is 25.2. The van der Waals surface area contributed by atoms with Gasteiger partial charge in [-0.25, -0.2) is 14.3 Å². The molecular formula is C23H27N5O8. The van der Waals surface area contributed by atoms with E-state index in [0.29, 0.717) is 5.69 Å². The molecule has 36 heavy (non-hydrogen) atoms. The Hall–Kier alpha value is -4.42. The molecule has 1 aromatic carbocycles. The van der Waals surface area contributed by atoms with E-state index >= 15 is 0 Å². The summed E-state index contributed by atoms with van der Waals surface area (Å²) in [6.45, 7) is 2.74. The average Bonchev–Trinajstić information content (AvgIpc) is 3.33. The van der Waals surface area contributed by atoms with Crippen LogP contribution in [0.5, 0.6) is 0 Å². The van der Waals surface area contributed by atoms with Gasteiger partial charge in [-0.05, 0) is 25.5 Å². The fourth-order valence-electron chi connectivity index (χ4n) is 3.71. The highest BCUT2D eigenvalue weighted by molar-refractivity contribution is 5.98. The third-order valence-electron chi connectivity index (χ3n) is 5.53. The largest absolute Gasteiger partial charge is 0.481 e. The fraction of sp³-hybridized carbons (Fsp3) is 0.391. The highest BCUT2D eigenvalue weighted by Gasteiger charge is 2.31. The minimum Gasteiger partial charge on any atom is -0.481 e. The van der Waals surface area contributed by atoms with E-state index < -0.39 is 35.9 Å². The number of carboxylic acid groups (broad SMARTS) is 2. The van der Waals surface area contributed by atoms with Crippen LogP contribution in [0.1, 0.15) is 40.7 Å². The number of nitrogens with one attached hydrogen (secondary N) is 1. The van der Waals surface area contributed by atoms with E-state index in [0.717, 1.165) is 10.7 Å². The van der Waals surface area contributed by atoms with Crippen LogP contribution in [0.4, 0.5) is 4.79 Å². The van der Waals surface area contributed by atoms with Crippen LogP contribution in [0.25, 0.3) is 5.69 Å². The molecule has 3 N–H and O–H groups in total. The number of aromatic nitrogens is 2. The summed E-state index contributed by atoms with van der Waals surface area (Å²) in [6, 6.07) is 8.26. The number of amides is 3. The predicted octanol–water partition coefficient (Wildman–Crippen LogP) is 0.834. The SMILES string of the molecule is CCOC(=O)N1CCN(C(=O)[C@H](CCC(=O)O)NC(=O)c2cc(C(=O)O)n(-c3ccccc3)n2)CC1. The lowest BCUT2D eigenvalue weighted by molar-refractivity contribution is -0.138. The van der Waals surface area contributed by atoms with Crippen molar-refractivity contribution in [3.05, 3.63) is 47.8 Å². The van der Waals surface area contributed by atoms with E-state index in [1.54, 1.807) is 37.3 Å². The van der Waals surface area contributed by atoms with Gasteiger partial charge in [0.05, 0.1) is 12.3 Å². The Bertz CT molecular complexity index is 1120. The summed E-state index contributed by atoms with van der Waals surface area (Å²) in [5.74, 6) is -3.77. The van der Waals surface area contributed by atoms with E-state index in [2.05, 4.69) is 10.4 Å². The smallest absolute Gasteiger partial charge is 0.409 e. The molecule has 192 valence electrons. The Morgan fingerprint density at radius 3 is 2.25 bits per heavy atom. The molecule has 1 aliphatic rings. The van der Waals surface area contributed by atoms with Crippen LogP contribution in [-0.2, 0) is 14.3 Å². The first-order valence-electron chi connectivity index (χ1n) is 11.3. The molecule has 1 fully saturated rings. The number of aliphatic carboxylic acids is 1. The number of piperazine rings is 1. The third kappa shape index (κ3) is 6.37. The first kappa shape index (κ1) is 26.2. The quantitative estimate of drug-likeness (QED) is 0.450. The van der Waals surface area contributed by atoms with Crippen molar-refractivity contribution in [3.8, 4) is 5.69 Å². The molecule has 2 heterocycles. The molecule has 0 radical (unpaired) electrons. The Balaban J connectivity index is 1.75. The summed E-state index contributed by atoms with van der Waals surface area (Å²) in [7, 11) is 0. The van der Waals surface area contributed by atoms with Gasteiger partial charge in [-0.1, -0.05) is 18.2 Å². The van der Waals surface area contributed by atoms with Gasteiger partial charge in [0.25, 0.3) is 5.91 Å². The molecule has 13 heteroatoms. The summed E-state index contributed by atoms with van der Waals surface area (Å²) >= 11 is 0. The number of carboxylic acids is 2. The van der Waals surface area contributed by atoms with E-state index in [1.807, 2.05) is 0 Å². The van der Waals surface area contributed by atoms with E-state index in [1.165, 1.54) is 9.80 Å². The van der Waals surface area contributed by atoms with Gasteiger partial charge in [-0.3, -0.25) is 14.4 Å². The maximum absolute atomic E-state index is 13.1. The lowest BCUT2D eigenvalue weighted by Gasteiger charge is -2.35. The molecule has 1 atom stereocenters. The van der Waals surface area contributed by atoms with Crippen LogP contribution in [-0.4, -0.2) is 98.5 Å². The highest BCUT2D eigenvalue weighted by Crippen LogP contribution is 2.14. The molecule has 1 aromatic heterocycles. The normalized spacial score (nSPS) is 14.1. The number of hydrogen-bond donors (Lipinski definition) is 3. The first-order chi connectivity index (χ1) is 17.2. The summed E-state index contributed by atoms with van der Waals surface area (Å²) in [6.07, 6.45) is -1.04. The average molecular weight is 501 g/mol. The number of rotatable bonds is 9. The lowest BCUT2D eigenvalue weighted by Crippen LogP contribution is -2.56. The minimum atomic E-state index is -1.30. The molecule has 1 saturated heterocycles. The predicted molar refractivity (Wildman–Crippen MR) is 124 cm³/mol. The molecule has 2 aromatic rings. The molecule has 3 rings (SSSR count). The van der Waals surface area contributed by atoms with Crippen molar-refractivity contribution in [2.75, 3.05) is 32.8 Å². The molecule has 0 unspecified atom stereocenters. The van der Waals surface area contributed by atoms with Crippen LogP contribution in [0.15, 0.2) is 36.4 Å². The van der Waals surface area contributed by atoms with Crippen molar-refractivity contribution in [2.45, 2.75) is 25.8 Å². The van der Waals surface area contributed by atoms with E-state index in [9.17, 15) is 29.1 Å². The molecule has 0 saturated carbocycles. The zero-order chi connectivity index (χ0) is 26.2. The maximum atomic E-state index is 13.1. The Morgan fingerprint density at radius 1 is 1.03 bits per heavy atom. The molecule has 0 bridgehead atoms. The number of para-hydroxylation sites is 1. The van der Waals surface area contributed by atoms with Crippen molar-refractivity contribution < 1.29 is 38.9 Å². The van der Waals surface area contributed by atoms with Gasteiger partial charge in [-0.15, -0.1) is 0 Å². The highest BCUT2D eigenvalue weighted by atomic mass is 16.6. The van der Waals surface area contributed by atoms with Crippen molar-refractivity contribution in [3.63, 3.8) is 0 Å². The van der Waals surface area contributed by atoms with Crippen LogP contribution in [0.3, 0.4) is 0 Å². The van der Waals surface area contributed by atoms with E-state index in [-0.39, 0.29) is 57.0 Å². The zero-order valence-electron chi connectivity index (χ0n) is 19.6. The molecule has 0 spiro atoms. The van der Waals surface area contributed by atoms with Crippen LogP contribution in [0, 0.1) is 0 Å². The monoisotopic (exact) mass is 501 g/mol. The Morgan fingerprint density at radius 2 is 1.67 bits per heavy atom. The number of benzene rings is 1. The first-order valence-corrected chi connectivity index (χ1v) is 11.3. The van der Waals surface area contributed by atoms with Gasteiger partial charge >= 0.3 is 18.0 Å². The summed E-state index contributed by atoms with van der Waals surface area (Å²) in [4.78, 5) is 63.7. The molecular weight excluding hydrogens is 474 g/mol. The Kier molecular flexibility index (Phi) is 8.60. The molecule has 13 nitrogen and oxygen atoms in total. The second-order valence-electron chi connectivity index (χ2n) is 7.94. The molecule has 0 aliphatic carbocycles. The van der Waals surface area contributed by atoms with Gasteiger partial charge in [-0.2, -0.15) is 5.10 Å². The van der Waals surface area contributed by atoms with Crippen LogP contribution in [0.2, 0.25) is 0 Å². The number of carbonyl (C=O) groups is 5. The van der Waals surface area contributed by atoms with Crippen molar-refractivity contribution in [2.24, 2.45) is 0 Å². The topological polar surface area (TPSA) is 171 Å². The molecule has 3 amide bonds. The molecule has 1 aliphatic heterocycles. The van der Waals surface area contributed by atoms with Crippen molar-refractivity contribution in [1.29, 1.82) is 0 Å². The van der Waals surface area contributed by atoms with Gasteiger partial charge in [0.2, 0.25) is 5.91 Å². The van der Waals surface area contributed by atoms with Gasteiger partial charge in [0.15, 0.2) is 11.4 Å². The van der Waals surface area contributed by atoms with Crippen molar-refractivity contribution in [1.82, 2.24) is 24.9 Å². The van der Waals surface area contributed by atoms with Crippen molar-refractivity contribution >= 4 is 29.8 Å². The maximum Gasteiger partial charge on any atom is 0.409 e. The lowest BCUT2D eigenvalue weighted by atomic mass is 10.1. The van der Waals surface area contributed by atoms with E-state index in [4.69, 9.17) is 9.84 Å². The second kappa shape index (κ2) is 11.8. The number of hydrogen-bond acceptors (Lipinski definition) is 7. The summed E-state index contributed by atoms with van der Waals surface area (Å²) in [5.41, 5.74) is -0.0710. The Labute approximate surface area is 206 Å². The zero-order valence-corrected chi connectivity index (χ0v) is 19.6. The number of ether oxygens (including phenoxy) is 1. The van der Waals surface area contributed by atoms with Gasteiger partial charge < -0.3 is 30.1 Å². The van der Waals surface area contributed by atoms with Crippen LogP contribution >= 0.6 is 0 Å². The van der Waals surface area contributed by atoms with Gasteiger partial charge in [0.1, 0.15) is 6.04 Å². The van der Waals surface area contributed by atoms with Gasteiger partial charge in [0, 0.05) is 38.7 Å². The number of aromatic carboxylic acids is 1.